The highest BCUT2D eigenvalue weighted by atomic mass is 19.4. The molecule has 1 aliphatic heterocycles. The number of hydrogen-bond donors (Lipinski definition) is 1. The number of aromatic amines is 1. The lowest BCUT2D eigenvalue weighted by Gasteiger charge is -2.30. The molecule has 196 valence electrons. The van der Waals surface area contributed by atoms with Gasteiger partial charge in [-0.05, 0) is 42.5 Å². The highest BCUT2D eigenvalue weighted by Crippen LogP contribution is 2.40. The number of hydrogen-bond acceptors (Lipinski definition) is 5. The van der Waals surface area contributed by atoms with Gasteiger partial charge in [-0.1, -0.05) is 18.2 Å². The quantitative estimate of drug-likeness (QED) is 0.224. The summed E-state index contributed by atoms with van der Waals surface area (Å²) in [6.45, 7) is 0.0177. The van der Waals surface area contributed by atoms with Gasteiger partial charge in [0, 0.05) is 23.0 Å². The molecule has 0 aliphatic carbocycles. The summed E-state index contributed by atoms with van der Waals surface area (Å²) < 4.78 is 66.0. The number of benzene rings is 3. The Bertz CT molecular complexity index is 1830. The number of aromatic nitrogens is 2. The number of anilines is 1. The van der Waals surface area contributed by atoms with Crippen LogP contribution in [0.1, 0.15) is 15.9 Å². The van der Waals surface area contributed by atoms with Crippen molar-refractivity contribution in [2.24, 2.45) is 0 Å². The van der Waals surface area contributed by atoms with Crippen LogP contribution in [0, 0.1) is 5.82 Å². The van der Waals surface area contributed by atoms with Crippen LogP contribution in [0.3, 0.4) is 0 Å². The van der Waals surface area contributed by atoms with Crippen molar-refractivity contribution in [3.8, 4) is 17.2 Å². The second-order valence-electron chi connectivity index (χ2n) is 8.76. The summed E-state index contributed by atoms with van der Waals surface area (Å²) in [5, 5.41) is 1.69. The number of alkyl halides is 3. The highest BCUT2D eigenvalue weighted by Gasteiger charge is 2.38. The van der Waals surface area contributed by atoms with Gasteiger partial charge in [-0.25, -0.2) is 9.37 Å². The molecular weight excluding hydrogens is 518 g/mol. The van der Waals surface area contributed by atoms with E-state index in [1.54, 1.807) is 36.4 Å². The maximum absolute atomic E-state index is 13.6. The zero-order chi connectivity index (χ0) is 27.3. The molecule has 11 heteroatoms. The van der Waals surface area contributed by atoms with Crippen molar-refractivity contribution in [3.63, 3.8) is 0 Å². The fourth-order valence-corrected chi connectivity index (χ4v) is 4.64. The van der Waals surface area contributed by atoms with Crippen molar-refractivity contribution in [1.29, 1.82) is 0 Å². The first-order valence-electron chi connectivity index (χ1n) is 11.7. The van der Waals surface area contributed by atoms with Crippen LogP contribution in [0.5, 0.6) is 17.2 Å². The second-order valence-corrected chi connectivity index (χ2v) is 8.76. The molecule has 7 nitrogen and oxygen atoms in total. The summed E-state index contributed by atoms with van der Waals surface area (Å²) >= 11 is 0. The zero-order valence-corrected chi connectivity index (χ0v) is 19.9. The predicted molar refractivity (Wildman–Crippen MR) is 135 cm³/mol. The molecule has 3 aromatic carbocycles. The fourth-order valence-electron chi connectivity index (χ4n) is 4.64. The number of halogens is 4. The van der Waals surface area contributed by atoms with E-state index in [0.717, 1.165) is 17.0 Å². The SMILES string of the molecule is O=C(c1ccc(F)cc1C(F)(F)F)N1CCOc2cc(Oc3ccnc4[nH]c(=O)c5ccccc5c34)ccc21. The number of fused-ring (bicyclic) bond motifs is 4. The topological polar surface area (TPSA) is 84.5 Å². The predicted octanol–water partition coefficient (Wildman–Crippen LogP) is 6.07. The highest BCUT2D eigenvalue weighted by molar-refractivity contribution is 6.09. The van der Waals surface area contributed by atoms with Gasteiger partial charge < -0.3 is 19.4 Å². The van der Waals surface area contributed by atoms with Crippen LogP contribution in [0.25, 0.3) is 21.8 Å². The van der Waals surface area contributed by atoms with Crippen LogP contribution >= 0.6 is 0 Å². The average Bonchev–Trinajstić information content (AvgIpc) is 2.92. The maximum Gasteiger partial charge on any atom is 0.417 e. The van der Waals surface area contributed by atoms with Crippen LogP contribution in [-0.4, -0.2) is 29.0 Å². The molecule has 2 aromatic heterocycles. The lowest BCUT2D eigenvalue weighted by atomic mass is 10.0. The number of ether oxygens (including phenoxy) is 2. The second kappa shape index (κ2) is 9.12. The van der Waals surface area contributed by atoms with Crippen LogP contribution in [0.15, 0.2) is 77.7 Å². The number of nitrogens with one attached hydrogen (secondary N) is 1. The van der Waals surface area contributed by atoms with Crippen molar-refractivity contribution in [3.05, 3.63) is 100 Å². The lowest BCUT2D eigenvalue weighted by molar-refractivity contribution is -0.138. The van der Waals surface area contributed by atoms with E-state index in [1.165, 1.54) is 18.3 Å². The number of H-pyrrole nitrogens is 1. The molecule has 0 saturated carbocycles. The smallest absolute Gasteiger partial charge is 0.417 e. The molecule has 0 unspecified atom stereocenters. The molecule has 1 aliphatic rings. The number of carbonyl (C=O) groups excluding carboxylic acids is 1. The van der Waals surface area contributed by atoms with E-state index in [0.29, 0.717) is 39.4 Å². The van der Waals surface area contributed by atoms with E-state index >= 15 is 0 Å². The minimum atomic E-state index is -4.92. The standard InChI is InChI=1S/C28H17F4N3O4/c29-15-5-7-19(20(13-15)28(30,31)32)27(37)35-11-12-38-23-14-16(6-8-21(23)35)39-22-9-10-33-25-24(22)17-3-1-2-4-18(17)26(36)34-25/h1-10,13-14H,11-12H2,(H,33,34,36). The molecular formula is C28H17F4N3O4. The Labute approximate surface area is 217 Å². The van der Waals surface area contributed by atoms with Crippen molar-refractivity contribution in [2.45, 2.75) is 6.18 Å². The molecule has 6 rings (SSSR count). The molecule has 0 fully saturated rings. The van der Waals surface area contributed by atoms with E-state index in [9.17, 15) is 27.2 Å². The third kappa shape index (κ3) is 4.31. The van der Waals surface area contributed by atoms with Gasteiger partial charge in [0.05, 0.1) is 28.7 Å². The Balaban J connectivity index is 1.37. The van der Waals surface area contributed by atoms with Crippen molar-refractivity contribution in [2.75, 3.05) is 18.1 Å². The van der Waals surface area contributed by atoms with Gasteiger partial charge in [0.2, 0.25) is 0 Å². The first-order chi connectivity index (χ1) is 18.7. The summed E-state index contributed by atoms with van der Waals surface area (Å²) in [6.07, 6.45) is -3.43. The minimum Gasteiger partial charge on any atom is -0.489 e. The summed E-state index contributed by atoms with van der Waals surface area (Å²) in [6, 6.07) is 15.2. The van der Waals surface area contributed by atoms with E-state index in [4.69, 9.17) is 9.47 Å². The van der Waals surface area contributed by atoms with Gasteiger partial charge in [-0.3, -0.25) is 9.59 Å². The van der Waals surface area contributed by atoms with E-state index in [-0.39, 0.29) is 30.1 Å². The first kappa shape index (κ1) is 24.4. The van der Waals surface area contributed by atoms with Gasteiger partial charge in [0.15, 0.2) is 0 Å². The Kier molecular flexibility index (Phi) is 5.71. The molecule has 1 N–H and O–H groups in total. The number of amides is 1. The average molecular weight is 535 g/mol. The van der Waals surface area contributed by atoms with Crippen molar-refractivity contribution in [1.82, 2.24) is 9.97 Å². The summed E-state index contributed by atoms with van der Waals surface area (Å²) in [5.74, 6) is -1.08. The molecule has 39 heavy (non-hydrogen) atoms. The Morgan fingerprint density at radius 3 is 2.62 bits per heavy atom. The van der Waals surface area contributed by atoms with Gasteiger partial charge in [0.1, 0.15) is 35.3 Å². The first-order valence-corrected chi connectivity index (χ1v) is 11.7. The molecule has 0 spiro atoms. The number of pyridine rings is 2. The van der Waals surface area contributed by atoms with Crippen LogP contribution in [0.2, 0.25) is 0 Å². The number of rotatable bonds is 3. The number of carbonyl (C=O) groups is 1. The van der Waals surface area contributed by atoms with Crippen molar-refractivity contribution >= 4 is 33.4 Å². The third-order valence-corrected chi connectivity index (χ3v) is 6.37. The van der Waals surface area contributed by atoms with E-state index in [1.807, 2.05) is 0 Å². The van der Waals surface area contributed by atoms with Crippen LogP contribution < -0.4 is 19.9 Å². The maximum atomic E-state index is 13.6. The van der Waals surface area contributed by atoms with Gasteiger partial charge in [0.25, 0.3) is 11.5 Å². The van der Waals surface area contributed by atoms with E-state index in [2.05, 4.69) is 9.97 Å². The fraction of sp³-hybridized carbons (Fsp3) is 0.107. The molecule has 1 amide bonds. The molecule has 0 radical (unpaired) electrons. The lowest BCUT2D eigenvalue weighted by Crippen LogP contribution is -2.38. The van der Waals surface area contributed by atoms with Gasteiger partial charge in [-0.15, -0.1) is 0 Å². The van der Waals surface area contributed by atoms with Crippen LogP contribution in [-0.2, 0) is 6.18 Å². The summed E-state index contributed by atoms with van der Waals surface area (Å²) in [5.41, 5.74) is -1.73. The van der Waals surface area contributed by atoms with Crippen LogP contribution in [0.4, 0.5) is 23.2 Å². The Morgan fingerprint density at radius 2 is 1.82 bits per heavy atom. The Hall–Kier alpha value is -4.93. The van der Waals surface area contributed by atoms with E-state index < -0.39 is 29.0 Å². The summed E-state index contributed by atoms with van der Waals surface area (Å²) in [7, 11) is 0. The summed E-state index contributed by atoms with van der Waals surface area (Å²) in [4.78, 5) is 33.8. The molecule has 0 atom stereocenters. The third-order valence-electron chi connectivity index (χ3n) is 6.37. The normalized spacial score (nSPS) is 13.3. The molecule has 0 saturated heterocycles. The van der Waals surface area contributed by atoms with Gasteiger partial charge >= 0.3 is 6.18 Å². The monoisotopic (exact) mass is 535 g/mol. The van der Waals surface area contributed by atoms with Gasteiger partial charge in [-0.2, -0.15) is 13.2 Å². The largest absolute Gasteiger partial charge is 0.489 e. The van der Waals surface area contributed by atoms with Crippen molar-refractivity contribution < 1.29 is 31.8 Å². The zero-order valence-electron chi connectivity index (χ0n) is 19.9. The Morgan fingerprint density at radius 1 is 1.03 bits per heavy atom. The molecule has 5 aromatic rings. The number of nitrogens with zero attached hydrogens (tertiary/aromatic N) is 2. The molecule has 0 bridgehead atoms. The minimum absolute atomic E-state index is 0.00491. The molecule has 3 heterocycles.